The number of nitrogens with one attached hydrogen (secondary N) is 2. The quantitative estimate of drug-likeness (QED) is 0.823. The minimum absolute atomic E-state index is 0.209. The molecule has 0 spiro atoms. The molecular weight excluding hydrogens is 284 g/mol. The Bertz CT molecular complexity index is 697. The molecule has 1 aliphatic rings. The van der Waals surface area contributed by atoms with Crippen LogP contribution < -0.4 is 15.5 Å². The third-order valence-electron chi connectivity index (χ3n) is 3.91. The van der Waals surface area contributed by atoms with Crippen LogP contribution in [-0.4, -0.2) is 16.6 Å². The number of thiazole rings is 1. The fraction of sp³-hybridized carbons (Fsp3) is 0.467. The van der Waals surface area contributed by atoms with Crippen LogP contribution in [0.3, 0.4) is 0 Å². The average molecular weight is 304 g/mol. The van der Waals surface area contributed by atoms with Crippen LogP contribution in [0.2, 0.25) is 0 Å². The summed E-state index contributed by atoms with van der Waals surface area (Å²) >= 11 is 1.57. The summed E-state index contributed by atoms with van der Waals surface area (Å²) in [5.41, 5.74) is 3.73. The lowest BCUT2D eigenvalue weighted by molar-refractivity contribution is 0.232. The van der Waals surface area contributed by atoms with Crippen molar-refractivity contribution in [2.24, 2.45) is 12.1 Å². The van der Waals surface area contributed by atoms with Crippen LogP contribution >= 0.6 is 11.3 Å². The first-order valence-corrected chi connectivity index (χ1v) is 8.20. The van der Waals surface area contributed by atoms with Crippen LogP contribution in [0.4, 0.5) is 4.79 Å². The van der Waals surface area contributed by atoms with Crippen molar-refractivity contribution >= 4 is 27.6 Å². The van der Waals surface area contributed by atoms with Gasteiger partial charge in [0.2, 0.25) is 4.80 Å². The molecular formula is C15H20N4OS. The fourth-order valence-electron chi connectivity index (χ4n) is 2.75. The lowest BCUT2D eigenvalue weighted by atomic mass is 9.96. The molecule has 2 amide bonds. The zero-order valence-electron chi connectivity index (χ0n) is 12.1. The third-order valence-corrected chi connectivity index (χ3v) is 5.02. The van der Waals surface area contributed by atoms with Gasteiger partial charge >= 0.3 is 6.03 Å². The summed E-state index contributed by atoms with van der Waals surface area (Å²) in [5, 5.41) is 7.22. The molecule has 1 aromatic carbocycles. The van der Waals surface area contributed by atoms with Gasteiger partial charge in [-0.05, 0) is 25.0 Å². The molecule has 1 heterocycles. The molecule has 2 N–H and O–H groups in total. The van der Waals surface area contributed by atoms with Crippen molar-refractivity contribution in [1.82, 2.24) is 15.3 Å². The number of benzene rings is 1. The molecule has 0 bridgehead atoms. The number of nitrogens with zero attached hydrogens (tertiary/aromatic N) is 2. The zero-order chi connectivity index (χ0) is 14.7. The highest BCUT2D eigenvalue weighted by atomic mass is 32.1. The van der Waals surface area contributed by atoms with Crippen molar-refractivity contribution in [3.63, 3.8) is 0 Å². The number of hydrogen-bond donors (Lipinski definition) is 2. The van der Waals surface area contributed by atoms with Gasteiger partial charge in [0.25, 0.3) is 0 Å². The lowest BCUT2D eigenvalue weighted by Crippen LogP contribution is -2.41. The topological polar surface area (TPSA) is 58.4 Å². The minimum atomic E-state index is -0.209. The second-order valence-corrected chi connectivity index (χ2v) is 6.45. The number of fused-ring (bicyclic) bond motifs is 1. The van der Waals surface area contributed by atoms with Crippen LogP contribution in [0.1, 0.15) is 32.1 Å². The number of urea groups is 1. The van der Waals surface area contributed by atoms with E-state index in [1.165, 1.54) is 19.3 Å². The second-order valence-electron chi connectivity index (χ2n) is 5.44. The Kier molecular flexibility index (Phi) is 4.24. The standard InChI is InChI=1S/C15H20N4OS/c1-19-12-9-5-6-10-13(12)21-15(19)18-17-14(20)16-11-7-3-2-4-8-11/h5-6,9-11H,2-4,7-8H2,1H3,(H2,16,17,20). The fourth-order valence-corrected chi connectivity index (χ4v) is 3.73. The van der Waals surface area contributed by atoms with Crippen molar-refractivity contribution in [1.29, 1.82) is 0 Å². The summed E-state index contributed by atoms with van der Waals surface area (Å²) in [6.45, 7) is 0. The number of aromatic nitrogens is 1. The van der Waals surface area contributed by atoms with E-state index < -0.39 is 0 Å². The number of aryl methyl sites for hydroxylation is 1. The number of rotatable bonds is 2. The summed E-state index contributed by atoms with van der Waals surface area (Å²) in [7, 11) is 1.96. The minimum Gasteiger partial charge on any atom is -0.334 e. The zero-order valence-corrected chi connectivity index (χ0v) is 12.9. The van der Waals surface area contributed by atoms with Crippen molar-refractivity contribution in [2.45, 2.75) is 38.1 Å². The largest absolute Gasteiger partial charge is 0.335 e. The summed E-state index contributed by atoms with van der Waals surface area (Å²) in [4.78, 5) is 12.7. The highest BCUT2D eigenvalue weighted by molar-refractivity contribution is 7.16. The third kappa shape index (κ3) is 3.26. The Morgan fingerprint density at radius 1 is 1.29 bits per heavy atom. The first-order valence-electron chi connectivity index (χ1n) is 7.39. The Morgan fingerprint density at radius 3 is 2.81 bits per heavy atom. The molecule has 1 aromatic heterocycles. The normalized spacial score (nSPS) is 17.1. The van der Waals surface area contributed by atoms with E-state index >= 15 is 0 Å². The Labute approximate surface area is 127 Å². The van der Waals surface area contributed by atoms with E-state index in [0.29, 0.717) is 6.04 Å². The van der Waals surface area contributed by atoms with Crippen molar-refractivity contribution in [3.8, 4) is 0 Å². The number of para-hydroxylation sites is 1. The predicted octanol–water partition coefficient (Wildman–Crippen LogP) is 2.69. The molecule has 112 valence electrons. The molecule has 1 saturated carbocycles. The molecule has 0 aliphatic heterocycles. The summed E-state index contributed by atoms with van der Waals surface area (Å²) in [6.07, 6.45) is 5.83. The van der Waals surface area contributed by atoms with Gasteiger partial charge in [0.1, 0.15) is 0 Å². The average Bonchev–Trinajstić information content (AvgIpc) is 2.83. The van der Waals surface area contributed by atoms with Crippen LogP contribution in [-0.2, 0) is 7.05 Å². The van der Waals surface area contributed by atoms with Gasteiger partial charge in [-0.15, -0.1) is 5.10 Å². The number of hydrogen-bond acceptors (Lipinski definition) is 3. The molecule has 5 nitrogen and oxygen atoms in total. The van der Waals surface area contributed by atoms with Gasteiger partial charge in [-0.1, -0.05) is 42.7 Å². The van der Waals surface area contributed by atoms with E-state index in [0.717, 1.165) is 27.9 Å². The molecule has 6 heteroatoms. The number of amides is 2. The second kappa shape index (κ2) is 6.30. The smallest absolute Gasteiger partial charge is 0.334 e. The maximum atomic E-state index is 11.9. The van der Waals surface area contributed by atoms with Gasteiger partial charge < -0.3 is 9.88 Å². The van der Waals surface area contributed by atoms with Gasteiger partial charge in [-0.3, -0.25) is 0 Å². The van der Waals surface area contributed by atoms with Gasteiger partial charge in [0.05, 0.1) is 10.2 Å². The van der Waals surface area contributed by atoms with Gasteiger partial charge in [0, 0.05) is 13.1 Å². The SMILES string of the molecule is Cn1c(=NNC(=O)NC2CCCCC2)sc2ccccc21. The van der Waals surface area contributed by atoms with Crippen LogP contribution in [0, 0.1) is 0 Å². The molecule has 21 heavy (non-hydrogen) atoms. The summed E-state index contributed by atoms with van der Waals surface area (Å²) < 4.78 is 3.15. The molecule has 0 radical (unpaired) electrons. The van der Waals surface area contributed by atoms with Crippen molar-refractivity contribution < 1.29 is 4.79 Å². The van der Waals surface area contributed by atoms with Gasteiger partial charge in [-0.2, -0.15) is 0 Å². The molecule has 1 aliphatic carbocycles. The Balaban J connectivity index is 1.69. The first-order chi connectivity index (χ1) is 10.2. The maximum absolute atomic E-state index is 11.9. The van der Waals surface area contributed by atoms with Crippen LogP contribution in [0.15, 0.2) is 29.4 Å². The molecule has 3 rings (SSSR count). The maximum Gasteiger partial charge on any atom is 0.335 e. The van der Waals surface area contributed by atoms with E-state index in [4.69, 9.17) is 0 Å². The Morgan fingerprint density at radius 2 is 2.05 bits per heavy atom. The monoisotopic (exact) mass is 304 g/mol. The predicted molar refractivity (Wildman–Crippen MR) is 84.9 cm³/mol. The van der Waals surface area contributed by atoms with Gasteiger partial charge in [-0.25, -0.2) is 10.2 Å². The number of carbonyl (C=O) groups is 1. The van der Waals surface area contributed by atoms with E-state index in [-0.39, 0.29) is 6.03 Å². The van der Waals surface area contributed by atoms with Crippen LogP contribution in [0.25, 0.3) is 10.2 Å². The molecule has 0 unspecified atom stereocenters. The molecule has 2 aromatic rings. The highest BCUT2D eigenvalue weighted by Crippen LogP contribution is 2.17. The van der Waals surface area contributed by atoms with E-state index in [9.17, 15) is 4.79 Å². The van der Waals surface area contributed by atoms with E-state index in [2.05, 4.69) is 21.9 Å². The Hall–Kier alpha value is -1.82. The van der Waals surface area contributed by atoms with Crippen molar-refractivity contribution in [3.05, 3.63) is 29.1 Å². The molecule has 0 atom stereocenters. The summed E-state index contributed by atoms with van der Waals surface area (Å²) in [6, 6.07) is 8.20. The summed E-state index contributed by atoms with van der Waals surface area (Å²) in [5.74, 6) is 0. The highest BCUT2D eigenvalue weighted by Gasteiger charge is 2.15. The van der Waals surface area contributed by atoms with Crippen LogP contribution in [0.5, 0.6) is 0 Å². The van der Waals surface area contributed by atoms with Gasteiger partial charge in [0.15, 0.2) is 0 Å². The number of carbonyl (C=O) groups excluding carboxylic acids is 1. The van der Waals surface area contributed by atoms with E-state index in [1.54, 1.807) is 11.3 Å². The van der Waals surface area contributed by atoms with Crippen molar-refractivity contribution in [2.75, 3.05) is 0 Å². The first kappa shape index (κ1) is 14.1. The molecule has 0 saturated heterocycles. The van der Waals surface area contributed by atoms with E-state index in [1.807, 2.05) is 29.8 Å². The molecule has 1 fully saturated rings. The lowest BCUT2D eigenvalue weighted by Gasteiger charge is -2.22.